The van der Waals surface area contributed by atoms with Crippen molar-refractivity contribution in [3.05, 3.63) is 58.7 Å². The lowest BCUT2D eigenvalue weighted by molar-refractivity contribution is -0.123. The monoisotopic (exact) mass is 409 g/mol. The van der Waals surface area contributed by atoms with Crippen LogP contribution in [0.2, 0.25) is 0 Å². The maximum absolute atomic E-state index is 12.6. The second-order valence-electron chi connectivity index (χ2n) is 7.33. The first-order valence-electron chi connectivity index (χ1n) is 9.65. The molecule has 1 amide bonds. The van der Waals surface area contributed by atoms with E-state index in [0.29, 0.717) is 16.7 Å². The fourth-order valence-corrected chi connectivity index (χ4v) is 4.16. The molecule has 0 saturated heterocycles. The minimum absolute atomic E-state index is 0.400. The van der Waals surface area contributed by atoms with E-state index < -0.39 is 18.0 Å². The van der Waals surface area contributed by atoms with Crippen molar-refractivity contribution in [2.45, 2.75) is 45.8 Å². The number of aromatic nitrogens is 2. The molecule has 3 aromatic rings. The molecule has 0 bridgehead atoms. The van der Waals surface area contributed by atoms with E-state index in [9.17, 15) is 9.59 Å². The highest BCUT2D eigenvalue weighted by molar-refractivity contribution is 7.14. The molecular weight excluding hydrogens is 386 g/mol. The second kappa shape index (κ2) is 7.83. The van der Waals surface area contributed by atoms with Gasteiger partial charge in [-0.2, -0.15) is 0 Å². The van der Waals surface area contributed by atoms with Crippen LogP contribution in [-0.4, -0.2) is 27.5 Å². The number of rotatable bonds is 6. The van der Waals surface area contributed by atoms with E-state index in [1.54, 1.807) is 6.92 Å². The Morgan fingerprint density at radius 2 is 1.97 bits per heavy atom. The first-order valence-corrected chi connectivity index (χ1v) is 10.5. The summed E-state index contributed by atoms with van der Waals surface area (Å²) in [5, 5.41) is 5.09. The number of amides is 1. The Labute approximate surface area is 173 Å². The molecule has 6 nitrogen and oxygen atoms in total. The first-order chi connectivity index (χ1) is 13.9. The molecule has 1 fully saturated rings. The number of nitrogens with zero attached hydrogens (tertiary/aromatic N) is 2. The van der Waals surface area contributed by atoms with Gasteiger partial charge in [0, 0.05) is 28.4 Å². The average molecular weight is 410 g/mol. The molecule has 2 aromatic heterocycles. The number of benzene rings is 1. The van der Waals surface area contributed by atoms with Gasteiger partial charge in [0.15, 0.2) is 11.2 Å². The van der Waals surface area contributed by atoms with Crippen molar-refractivity contribution in [3.8, 4) is 11.3 Å². The molecule has 4 rings (SSSR count). The van der Waals surface area contributed by atoms with Crippen molar-refractivity contribution in [1.29, 1.82) is 0 Å². The Kier molecular flexibility index (Phi) is 5.24. The van der Waals surface area contributed by atoms with E-state index in [1.165, 1.54) is 11.3 Å². The number of aryl methyl sites for hydroxylation is 1. The summed E-state index contributed by atoms with van der Waals surface area (Å²) in [5.74, 6) is -0.875. The van der Waals surface area contributed by atoms with Crippen molar-refractivity contribution in [2.75, 3.05) is 5.32 Å². The molecule has 1 unspecified atom stereocenters. The topological polar surface area (TPSA) is 73.2 Å². The maximum atomic E-state index is 12.6. The highest BCUT2D eigenvalue weighted by atomic mass is 32.1. The number of carbonyl (C=O) groups is 2. The van der Waals surface area contributed by atoms with E-state index in [4.69, 9.17) is 4.74 Å². The minimum Gasteiger partial charge on any atom is -0.449 e. The van der Waals surface area contributed by atoms with Gasteiger partial charge in [-0.25, -0.2) is 9.78 Å². The van der Waals surface area contributed by atoms with Crippen LogP contribution in [0.3, 0.4) is 0 Å². The Hall–Kier alpha value is -2.93. The lowest BCUT2D eigenvalue weighted by atomic mass is 10.2. The summed E-state index contributed by atoms with van der Waals surface area (Å²) >= 11 is 1.34. The molecule has 150 valence electrons. The van der Waals surface area contributed by atoms with Crippen LogP contribution < -0.4 is 5.32 Å². The molecule has 2 heterocycles. The van der Waals surface area contributed by atoms with Gasteiger partial charge in [-0.1, -0.05) is 30.3 Å². The van der Waals surface area contributed by atoms with Crippen molar-refractivity contribution >= 4 is 28.3 Å². The summed E-state index contributed by atoms with van der Waals surface area (Å²) in [4.78, 5) is 29.5. The van der Waals surface area contributed by atoms with Gasteiger partial charge >= 0.3 is 5.97 Å². The molecule has 1 atom stereocenters. The van der Waals surface area contributed by atoms with Crippen molar-refractivity contribution in [1.82, 2.24) is 9.55 Å². The molecule has 0 radical (unpaired) electrons. The lowest BCUT2D eigenvalue weighted by Gasteiger charge is -2.13. The number of hydrogen-bond acceptors (Lipinski definition) is 5. The molecule has 0 aliphatic heterocycles. The SMILES string of the molecule is Cc1cc(C(=O)OC(C)C(=O)Nc2nc(-c3ccccc3)cs2)c(C)n1C1CC1. The van der Waals surface area contributed by atoms with Gasteiger partial charge in [-0.3, -0.25) is 10.1 Å². The number of anilines is 1. The third kappa shape index (κ3) is 4.10. The van der Waals surface area contributed by atoms with Gasteiger partial charge in [0.05, 0.1) is 11.3 Å². The Morgan fingerprint density at radius 3 is 2.66 bits per heavy atom. The fourth-order valence-electron chi connectivity index (χ4n) is 3.44. The van der Waals surface area contributed by atoms with E-state index in [1.807, 2.05) is 55.6 Å². The van der Waals surface area contributed by atoms with Gasteiger partial charge in [0.25, 0.3) is 5.91 Å². The Bertz CT molecular complexity index is 1050. The van der Waals surface area contributed by atoms with Gasteiger partial charge in [0.1, 0.15) is 0 Å². The highest BCUT2D eigenvalue weighted by Crippen LogP contribution is 2.38. The lowest BCUT2D eigenvalue weighted by Crippen LogP contribution is -2.30. The van der Waals surface area contributed by atoms with Gasteiger partial charge in [0.2, 0.25) is 0 Å². The third-order valence-electron chi connectivity index (χ3n) is 5.07. The van der Waals surface area contributed by atoms with Crippen molar-refractivity contribution < 1.29 is 14.3 Å². The molecule has 1 aliphatic carbocycles. The molecule has 29 heavy (non-hydrogen) atoms. The zero-order chi connectivity index (χ0) is 20.5. The summed E-state index contributed by atoms with van der Waals surface area (Å²) < 4.78 is 7.61. The second-order valence-corrected chi connectivity index (χ2v) is 8.18. The molecule has 1 aromatic carbocycles. The zero-order valence-corrected chi connectivity index (χ0v) is 17.5. The normalized spacial score (nSPS) is 14.4. The largest absolute Gasteiger partial charge is 0.449 e. The Balaban J connectivity index is 1.39. The molecule has 0 spiro atoms. The van der Waals surface area contributed by atoms with Crippen LogP contribution in [0.25, 0.3) is 11.3 Å². The fraction of sp³-hybridized carbons (Fsp3) is 0.318. The molecule has 1 saturated carbocycles. The number of hydrogen-bond donors (Lipinski definition) is 1. The van der Waals surface area contributed by atoms with E-state index in [2.05, 4.69) is 14.9 Å². The predicted octanol–water partition coefficient (Wildman–Crippen LogP) is 4.75. The average Bonchev–Trinajstić information content (AvgIpc) is 3.35. The van der Waals surface area contributed by atoms with Crippen LogP contribution in [0, 0.1) is 13.8 Å². The summed E-state index contributed by atoms with van der Waals surface area (Å²) in [7, 11) is 0. The van der Waals surface area contributed by atoms with Gasteiger partial charge in [-0.15, -0.1) is 11.3 Å². The van der Waals surface area contributed by atoms with E-state index in [0.717, 1.165) is 35.5 Å². The van der Waals surface area contributed by atoms with Crippen LogP contribution in [0.1, 0.15) is 47.6 Å². The summed E-state index contributed by atoms with van der Waals surface area (Å²) in [6.07, 6.45) is 1.36. The molecule has 1 aliphatic rings. The van der Waals surface area contributed by atoms with Gasteiger partial charge in [-0.05, 0) is 39.7 Å². The van der Waals surface area contributed by atoms with Gasteiger partial charge < -0.3 is 9.30 Å². The predicted molar refractivity (Wildman–Crippen MR) is 113 cm³/mol. The zero-order valence-electron chi connectivity index (χ0n) is 16.6. The quantitative estimate of drug-likeness (QED) is 0.597. The van der Waals surface area contributed by atoms with Crippen LogP contribution >= 0.6 is 11.3 Å². The summed E-state index contributed by atoms with van der Waals surface area (Å²) in [6, 6.07) is 12.1. The van der Waals surface area contributed by atoms with Crippen LogP contribution in [0.4, 0.5) is 5.13 Å². The number of esters is 1. The third-order valence-corrected chi connectivity index (χ3v) is 5.83. The molecule has 1 N–H and O–H groups in total. The Morgan fingerprint density at radius 1 is 1.24 bits per heavy atom. The number of ether oxygens (including phenoxy) is 1. The summed E-state index contributed by atoms with van der Waals surface area (Å²) in [6.45, 7) is 5.48. The summed E-state index contributed by atoms with van der Waals surface area (Å²) in [5.41, 5.74) is 4.24. The number of thiazole rings is 1. The number of nitrogens with one attached hydrogen (secondary N) is 1. The number of carbonyl (C=O) groups excluding carboxylic acids is 2. The molecular formula is C22H23N3O3S. The van der Waals surface area contributed by atoms with Crippen molar-refractivity contribution in [3.63, 3.8) is 0 Å². The molecule has 7 heteroatoms. The highest BCUT2D eigenvalue weighted by Gasteiger charge is 2.29. The van der Waals surface area contributed by atoms with Crippen molar-refractivity contribution in [2.24, 2.45) is 0 Å². The van der Waals surface area contributed by atoms with E-state index in [-0.39, 0.29) is 0 Å². The van der Waals surface area contributed by atoms with E-state index >= 15 is 0 Å². The minimum atomic E-state index is -0.921. The smallest absolute Gasteiger partial charge is 0.340 e. The van der Waals surface area contributed by atoms with Crippen LogP contribution in [-0.2, 0) is 9.53 Å². The maximum Gasteiger partial charge on any atom is 0.340 e. The van der Waals surface area contributed by atoms with Crippen LogP contribution in [0.15, 0.2) is 41.8 Å². The first kappa shape index (κ1) is 19.4. The van der Waals surface area contributed by atoms with Crippen LogP contribution in [0.5, 0.6) is 0 Å². The standard InChI is InChI=1S/C22H23N3O3S/c1-13-11-18(14(2)25(13)17-9-10-17)21(27)28-15(3)20(26)24-22-23-19(12-29-22)16-7-5-4-6-8-16/h4-8,11-12,15,17H,9-10H2,1-3H3,(H,23,24,26).